The Hall–Kier alpha value is -4.18. The van der Waals surface area contributed by atoms with Crippen LogP contribution < -0.4 is 15.8 Å². The van der Waals surface area contributed by atoms with Gasteiger partial charge in [0.2, 0.25) is 0 Å². The Morgan fingerprint density at radius 3 is 2.74 bits per heavy atom. The average molecular weight is 463 g/mol. The number of benzene rings is 2. The van der Waals surface area contributed by atoms with Crippen molar-refractivity contribution in [1.29, 1.82) is 0 Å². The molecule has 0 saturated carbocycles. The SMILES string of the molecule is CCOc1cc(/C=N\n2c(N)c(C(=O)NCCCOC)c3nc4ccccc4nc32)ccc1O. The topological polar surface area (TPSA) is 137 Å². The second-order valence-corrected chi connectivity index (χ2v) is 7.46. The summed E-state index contributed by atoms with van der Waals surface area (Å²) < 4.78 is 11.9. The molecule has 10 heteroatoms. The minimum atomic E-state index is -0.361. The number of nitrogen functional groups attached to an aromatic ring is 1. The van der Waals surface area contributed by atoms with E-state index < -0.39 is 0 Å². The monoisotopic (exact) mass is 462 g/mol. The number of nitrogens with zero attached hydrogens (tertiary/aromatic N) is 4. The Morgan fingerprint density at radius 2 is 2.00 bits per heavy atom. The zero-order valence-corrected chi connectivity index (χ0v) is 19.0. The number of anilines is 1. The van der Waals surface area contributed by atoms with Crippen LogP contribution in [-0.2, 0) is 4.74 Å². The maximum atomic E-state index is 13.0. The lowest BCUT2D eigenvalue weighted by atomic mass is 10.2. The summed E-state index contributed by atoms with van der Waals surface area (Å²) in [5, 5.41) is 17.3. The number of carbonyl (C=O) groups is 1. The number of methoxy groups -OCH3 is 1. The van der Waals surface area contributed by atoms with E-state index in [0.29, 0.717) is 59.7 Å². The number of nitrogens with one attached hydrogen (secondary N) is 1. The summed E-state index contributed by atoms with van der Waals surface area (Å²) in [5.41, 5.74) is 9.29. The van der Waals surface area contributed by atoms with Crippen molar-refractivity contribution >= 4 is 40.1 Å². The van der Waals surface area contributed by atoms with Crippen LogP contribution in [0.3, 0.4) is 0 Å². The van der Waals surface area contributed by atoms with Crippen LogP contribution in [0.2, 0.25) is 0 Å². The highest BCUT2D eigenvalue weighted by Crippen LogP contribution is 2.29. The van der Waals surface area contributed by atoms with Crippen LogP contribution in [0.25, 0.3) is 22.2 Å². The average Bonchev–Trinajstić information content (AvgIpc) is 3.11. The minimum Gasteiger partial charge on any atom is -0.504 e. The van der Waals surface area contributed by atoms with Crippen LogP contribution in [0.4, 0.5) is 5.82 Å². The number of ether oxygens (including phenoxy) is 2. The van der Waals surface area contributed by atoms with Gasteiger partial charge in [0.1, 0.15) is 16.9 Å². The number of fused-ring (bicyclic) bond motifs is 2. The minimum absolute atomic E-state index is 0.0368. The number of phenols is 1. The third-order valence-corrected chi connectivity index (χ3v) is 5.12. The molecule has 0 fully saturated rings. The van der Waals surface area contributed by atoms with Crippen molar-refractivity contribution in [1.82, 2.24) is 20.0 Å². The number of rotatable bonds is 9. The predicted octanol–water partition coefficient (Wildman–Crippen LogP) is 2.92. The molecule has 0 atom stereocenters. The molecule has 4 rings (SSSR count). The van der Waals surface area contributed by atoms with Crippen LogP contribution in [0.15, 0.2) is 47.6 Å². The molecule has 10 nitrogen and oxygen atoms in total. The number of aromatic nitrogens is 3. The fraction of sp³-hybridized carbons (Fsp3) is 0.250. The van der Waals surface area contributed by atoms with Gasteiger partial charge >= 0.3 is 0 Å². The van der Waals surface area contributed by atoms with Crippen LogP contribution >= 0.6 is 0 Å². The van der Waals surface area contributed by atoms with Gasteiger partial charge in [0.15, 0.2) is 17.1 Å². The highest BCUT2D eigenvalue weighted by atomic mass is 16.5. The fourth-order valence-corrected chi connectivity index (χ4v) is 3.50. The van der Waals surface area contributed by atoms with Gasteiger partial charge in [0.25, 0.3) is 5.91 Å². The standard InChI is InChI=1S/C24H26N6O4/c1-3-34-19-13-15(9-10-18(19)31)14-27-30-22(25)20(24(32)26-11-6-12-33-2)21-23(30)29-17-8-5-4-7-16(17)28-21/h4-5,7-10,13-14,31H,3,6,11-12,25H2,1-2H3,(H,26,32)/b27-14-. The van der Waals surface area contributed by atoms with E-state index in [9.17, 15) is 9.90 Å². The first-order chi connectivity index (χ1) is 16.5. The van der Waals surface area contributed by atoms with Crippen LogP contribution in [0, 0.1) is 0 Å². The molecule has 0 spiro atoms. The molecule has 4 N–H and O–H groups in total. The number of hydrogen-bond acceptors (Lipinski definition) is 8. The van der Waals surface area contributed by atoms with Gasteiger partial charge in [-0.2, -0.15) is 9.78 Å². The van der Waals surface area contributed by atoms with Crippen molar-refractivity contribution in [3.63, 3.8) is 0 Å². The number of carbonyl (C=O) groups excluding carboxylic acids is 1. The van der Waals surface area contributed by atoms with E-state index in [1.54, 1.807) is 25.5 Å². The van der Waals surface area contributed by atoms with E-state index in [1.807, 2.05) is 31.2 Å². The van der Waals surface area contributed by atoms with Crippen LogP contribution in [0.1, 0.15) is 29.3 Å². The van der Waals surface area contributed by atoms with E-state index >= 15 is 0 Å². The third-order valence-electron chi connectivity index (χ3n) is 5.12. The number of amides is 1. The molecule has 0 aliphatic rings. The normalized spacial score (nSPS) is 11.5. The molecule has 176 valence electrons. The van der Waals surface area contributed by atoms with Crippen molar-refractivity contribution in [2.45, 2.75) is 13.3 Å². The van der Waals surface area contributed by atoms with Crippen LogP contribution in [0.5, 0.6) is 11.5 Å². The first-order valence-electron chi connectivity index (χ1n) is 10.9. The molecule has 1 amide bonds. The van der Waals surface area contributed by atoms with Gasteiger partial charge in [-0.3, -0.25) is 4.79 Å². The summed E-state index contributed by atoms with van der Waals surface area (Å²) in [6.07, 6.45) is 2.21. The van der Waals surface area contributed by atoms with Gasteiger partial charge in [-0.25, -0.2) is 9.97 Å². The molecule has 0 radical (unpaired) electrons. The van der Waals surface area contributed by atoms with Crippen molar-refractivity contribution in [2.24, 2.45) is 5.10 Å². The van der Waals surface area contributed by atoms with Crippen molar-refractivity contribution in [3.8, 4) is 11.5 Å². The summed E-state index contributed by atoms with van der Waals surface area (Å²) in [7, 11) is 1.61. The van der Waals surface area contributed by atoms with Crippen LogP contribution in [-0.4, -0.2) is 58.7 Å². The molecule has 34 heavy (non-hydrogen) atoms. The number of hydrogen-bond donors (Lipinski definition) is 3. The second kappa shape index (κ2) is 10.2. The fourth-order valence-electron chi connectivity index (χ4n) is 3.50. The predicted molar refractivity (Wildman–Crippen MR) is 131 cm³/mol. The molecular formula is C24H26N6O4. The molecule has 2 aromatic carbocycles. The Morgan fingerprint density at radius 1 is 1.24 bits per heavy atom. The molecule has 0 aliphatic carbocycles. The smallest absolute Gasteiger partial charge is 0.257 e. The Kier molecular flexibility index (Phi) is 6.88. The molecule has 2 heterocycles. The number of aromatic hydroxyl groups is 1. The van der Waals surface area contributed by atoms with E-state index in [-0.39, 0.29) is 23.0 Å². The Labute approximate surface area is 196 Å². The van der Waals surface area contributed by atoms with E-state index in [4.69, 9.17) is 15.2 Å². The van der Waals surface area contributed by atoms with E-state index in [2.05, 4.69) is 20.4 Å². The van der Waals surface area contributed by atoms with Gasteiger partial charge in [-0.1, -0.05) is 12.1 Å². The molecule has 0 bridgehead atoms. The van der Waals surface area contributed by atoms with Crippen molar-refractivity contribution in [3.05, 3.63) is 53.6 Å². The number of para-hydroxylation sites is 2. The highest BCUT2D eigenvalue weighted by molar-refractivity contribution is 6.10. The molecule has 0 aliphatic heterocycles. The van der Waals surface area contributed by atoms with Gasteiger partial charge < -0.3 is 25.6 Å². The Bertz CT molecular complexity index is 1360. The Balaban J connectivity index is 1.79. The zero-order valence-electron chi connectivity index (χ0n) is 19.0. The summed E-state index contributed by atoms with van der Waals surface area (Å²) in [4.78, 5) is 22.3. The largest absolute Gasteiger partial charge is 0.504 e. The maximum absolute atomic E-state index is 13.0. The molecule has 0 unspecified atom stereocenters. The summed E-state index contributed by atoms with van der Waals surface area (Å²) in [5.74, 6) is 0.142. The molecular weight excluding hydrogens is 436 g/mol. The summed E-state index contributed by atoms with van der Waals surface area (Å²) in [6, 6.07) is 12.2. The maximum Gasteiger partial charge on any atom is 0.257 e. The molecule has 4 aromatic rings. The lowest BCUT2D eigenvalue weighted by molar-refractivity contribution is 0.0951. The second-order valence-electron chi connectivity index (χ2n) is 7.46. The zero-order chi connectivity index (χ0) is 24.1. The third kappa shape index (κ3) is 4.62. The summed E-state index contributed by atoms with van der Waals surface area (Å²) in [6.45, 7) is 3.20. The number of nitrogens with two attached hydrogens (primary N) is 1. The lowest BCUT2D eigenvalue weighted by Gasteiger charge is -2.06. The highest BCUT2D eigenvalue weighted by Gasteiger charge is 2.23. The molecule has 2 aromatic heterocycles. The van der Waals surface area contributed by atoms with Gasteiger partial charge in [0.05, 0.1) is 23.9 Å². The van der Waals surface area contributed by atoms with Crippen molar-refractivity contribution in [2.75, 3.05) is 32.6 Å². The van der Waals surface area contributed by atoms with E-state index in [1.165, 1.54) is 10.7 Å². The van der Waals surface area contributed by atoms with E-state index in [0.717, 1.165) is 0 Å². The van der Waals surface area contributed by atoms with Gasteiger partial charge in [-0.15, -0.1) is 0 Å². The lowest BCUT2D eigenvalue weighted by Crippen LogP contribution is -2.26. The van der Waals surface area contributed by atoms with Crippen molar-refractivity contribution < 1.29 is 19.4 Å². The number of phenolic OH excluding ortho intramolecular Hbond substituents is 1. The quantitative estimate of drug-likeness (QED) is 0.257. The van der Waals surface area contributed by atoms with Gasteiger partial charge in [-0.05, 0) is 49.2 Å². The molecule has 0 saturated heterocycles. The first kappa shape index (κ1) is 23.0. The van der Waals surface area contributed by atoms with Gasteiger partial charge in [0, 0.05) is 20.3 Å². The first-order valence-corrected chi connectivity index (χ1v) is 10.9. The summed E-state index contributed by atoms with van der Waals surface area (Å²) >= 11 is 0.